The van der Waals surface area contributed by atoms with Gasteiger partial charge >= 0.3 is 0 Å². The van der Waals surface area contributed by atoms with Crippen LogP contribution in [0, 0.1) is 0 Å². The van der Waals surface area contributed by atoms with Crippen molar-refractivity contribution in [3.05, 3.63) is 59.1 Å². The van der Waals surface area contributed by atoms with Crippen LogP contribution in [0.4, 0.5) is 5.69 Å². The van der Waals surface area contributed by atoms with E-state index < -0.39 is 5.91 Å². The van der Waals surface area contributed by atoms with Gasteiger partial charge < -0.3 is 15.8 Å². The van der Waals surface area contributed by atoms with E-state index in [0.29, 0.717) is 22.0 Å². The van der Waals surface area contributed by atoms with E-state index in [-0.39, 0.29) is 12.5 Å². The predicted molar refractivity (Wildman–Crippen MR) is 80.5 cm³/mol. The molecule has 21 heavy (non-hydrogen) atoms. The number of hydrogen-bond donors (Lipinski definition) is 2. The fourth-order valence-electron chi connectivity index (χ4n) is 1.62. The number of rotatable bonds is 5. The predicted octanol–water partition coefficient (Wildman–Crippen LogP) is 2.46. The fourth-order valence-corrected chi connectivity index (χ4v) is 1.81. The van der Waals surface area contributed by atoms with Crippen molar-refractivity contribution >= 4 is 29.1 Å². The van der Waals surface area contributed by atoms with Gasteiger partial charge in [-0.3, -0.25) is 9.59 Å². The summed E-state index contributed by atoms with van der Waals surface area (Å²) in [6.45, 7) is -0.186. The van der Waals surface area contributed by atoms with E-state index in [1.807, 2.05) is 0 Å². The monoisotopic (exact) mass is 304 g/mol. The summed E-state index contributed by atoms with van der Waals surface area (Å²) in [5, 5.41) is 3.23. The largest absolute Gasteiger partial charge is 0.484 e. The van der Waals surface area contributed by atoms with Gasteiger partial charge in [0, 0.05) is 16.3 Å². The lowest BCUT2D eigenvalue weighted by Gasteiger charge is -2.07. The van der Waals surface area contributed by atoms with Gasteiger partial charge in [-0.15, -0.1) is 0 Å². The molecule has 0 spiro atoms. The number of carbonyl (C=O) groups is 2. The van der Waals surface area contributed by atoms with Crippen LogP contribution >= 0.6 is 11.6 Å². The first-order valence-electron chi connectivity index (χ1n) is 6.12. The Morgan fingerprint density at radius 3 is 2.48 bits per heavy atom. The number of nitrogens with one attached hydrogen (secondary N) is 1. The summed E-state index contributed by atoms with van der Waals surface area (Å²) in [6.07, 6.45) is 0. The van der Waals surface area contributed by atoms with E-state index in [1.165, 1.54) is 0 Å². The Hall–Kier alpha value is -2.53. The smallest absolute Gasteiger partial charge is 0.255 e. The highest BCUT2D eigenvalue weighted by molar-refractivity contribution is 6.31. The number of amides is 2. The highest BCUT2D eigenvalue weighted by atomic mass is 35.5. The molecule has 0 aliphatic heterocycles. The van der Waals surface area contributed by atoms with Gasteiger partial charge in [0.15, 0.2) is 6.61 Å². The molecule has 0 unspecified atom stereocenters. The molecule has 0 saturated heterocycles. The third-order valence-electron chi connectivity index (χ3n) is 2.58. The second-order valence-electron chi connectivity index (χ2n) is 4.24. The molecule has 0 radical (unpaired) electrons. The quantitative estimate of drug-likeness (QED) is 0.890. The van der Waals surface area contributed by atoms with Crippen LogP contribution in [-0.2, 0) is 4.79 Å². The number of nitrogens with two attached hydrogens (primary N) is 1. The maximum Gasteiger partial charge on any atom is 0.255 e. The molecule has 0 atom stereocenters. The SMILES string of the molecule is NC(=O)COc1ccc(NC(=O)c2cccc(Cl)c2)cc1. The van der Waals surface area contributed by atoms with Gasteiger partial charge in [-0.2, -0.15) is 0 Å². The Morgan fingerprint density at radius 1 is 1.14 bits per heavy atom. The van der Waals surface area contributed by atoms with Crippen LogP contribution in [0.2, 0.25) is 5.02 Å². The minimum absolute atomic E-state index is 0.186. The van der Waals surface area contributed by atoms with E-state index in [0.717, 1.165) is 0 Å². The number of halogens is 1. The minimum Gasteiger partial charge on any atom is -0.484 e. The average molecular weight is 305 g/mol. The van der Waals surface area contributed by atoms with Crippen molar-refractivity contribution in [2.45, 2.75) is 0 Å². The zero-order chi connectivity index (χ0) is 15.2. The van der Waals surface area contributed by atoms with Crippen molar-refractivity contribution in [3.63, 3.8) is 0 Å². The summed E-state index contributed by atoms with van der Waals surface area (Å²) in [7, 11) is 0. The Labute approximate surface area is 126 Å². The highest BCUT2D eigenvalue weighted by Gasteiger charge is 2.06. The van der Waals surface area contributed by atoms with Gasteiger partial charge in [0.25, 0.3) is 11.8 Å². The third-order valence-corrected chi connectivity index (χ3v) is 2.82. The van der Waals surface area contributed by atoms with Crippen LogP contribution in [0.3, 0.4) is 0 Å². The molecule has 6 heteroatoms. The highest BCUT2D eigenvalue weighted by Crippen LogP contribution is 2.17. The van der Waals surface area contributed by atoms with Crippen molar-refractivity contribution in [2.24, 2.45) is 5.73 Å². The van der Waals surface area contributed by atoms with Crippen LogP contribution in [0.15, 0.2) is 48.5 Å². The maximum atomic E-state index is 12.0. The van der Waals surface area contributed by atoms with Crippen LogP contribution in [0.25, 0.3) is 0 Å². The average Bonchev–Trinajstić information content (AvgIpc) is 2.46. The molecular formula is C15H13ClN2O3. The van der Waals surface area contributed by atoms with Crippen LogP contribution < -0.4 is 15.8 Å². The zero-order valence-electron chi connectivity index (χ0n) is 11.0. The van der Waals surface area contributed by atoms with Crippen LogP contribution in [-0.4, -0.2) is 18.4 Å². The molecular weight excluding hydrogens is 292 g/mol. The second kappa shape index (κ2) is 6.76. The molecule has 2 aromatic rings. The molecule has 0 bridgehead atoms. The Balaban J connectivity index is 2.00. The van der Waals surface area contributed by atoms with Crippen molar-refractivity contribution in [1.82, 2.24) is 0 Å². The maximum absolute atomic E-state index is 12.0. The van der Waals surface area contributed by atoms with Crippen LogP contribution in [0.1, 0.15) is 10.4 Å². The first kappa shape index (κ1) is 14.9. The number of carbonyl (C=O) groups excluding carboxylic acids is 2. The zero-order valence-corrected chi connectivity index (χ0v) is 11.8. The Bertz CT molecular complexity index is 656. The molecule has 2 amide bonds. The lowest BCUT2D eigenvalue weighted by atomic mass is 10.2. The molecule has 0 heterocycles. The Kier molecular flexibility index (Phi) is 4.79. The molecule has 0 aliphatic carbocycles. The van der Waals surface area contributed by atoms with Gasteiger partial charge in [-0.1, -0.05) is 17.7 Å². The number of hydrogen-bond acceptors (Lipinski definition) is 3. The van der Waals surface area contributed by atoms with Crippen molar-refractivity contribution in [2.75, 3.05) is 11.9 Å². The molecule has 0 aromatic heterocycles. The van der Waals surface area contributed by atoms with E-state index >= 15 is 0 Å². The van der Waals surface area contributed by atoms with Gasteiger partial charge in [0.1, 0.15) is 5.75 Å². The van der Waals surface area contributed by atoms with E-state index in [1.54, 1.807) is 48.5 Å². The number of ether oxygens (including phenoxy) is 1. The molecule has 2 aromatic carbocycles. The van der Waals surface area contributed by atoms with Crippen molar-refractivity contribution < 1.29 is 14.3 Å². The van der Waals surface area contributed by atoms with E-state index in [9.17, 15) is 9.59 Å². The summed E-state index contributed by atoms with van der Waals surface area (Å²) >= 11 is 5.84. The molecule has 0 saturated carbocycles. The van der Waals surface area contributed by atoms with Crippen molar-refractivity contribution in [1.29, 1.82) is 0 Å². The third kappa shape index (κ3) is 4.50. The summed E-state index contributed by atoms with van der Waals surface area (Å²) in [4.78, 5) is 22.6. The fraction of sp³-hybridized carbons (Fsp3) is 0.0667. The summed E-state index contributed by atoms with van der Waals surface area (Å²) in [5.41, 5.74) is 6.05. The lowest BCUT2D eigenvalue weighted by molar-refractivity contribution is -0.119. The normalized spacial score (nSPS) is 9.95. The minimum atomic E-state index is -0.548. The summed E-state index contributed by atoms with van der Waals surface area (Å²) in [5.74, 6) is -0.314. The number of anilines is 1. The topological polar surface area (TPSA) is 81.4 Å². The van der Waals surface area contributed by atoms with Gasteiger partial charge in [0.2, 0.25) is 0 Å². The van der Waals surface area contributed by atoms with Gasteiger partial charge in [-0.25, -0.2) is 0 Å². The van der Waals surface area contributed by atoms with Crippen molar-refractivity contribution in [3.8, 4) is 5.75 Å². The first-order chi connectivity index (χ1) is 10.0. The first-order valence-corrected chi connectivity index (χ1v) is 6.50. The molecule has 0 aliphatic rings. The van der Waals surface area contributed by atoms with Crippen LogP contribution in [0.5, 0.6) is 5.75 Å². The lowest BCUT2D eigenvalue weighted by Crippen LogP contribution is -2.20. The molecule has 108 valence electrons. The number of primary amides is 1. The molecule has 2 rings (SSSR count). The second-order valence-corrected chi connectivity index (χ2v) is 4.68. The summed E-state index contributed by atoms with van der Waals surface area (Å²) < 4.78 is 5.12. The molecule has 3 N–H and O–H groups in total. The van der Waals surface area contributed by atoms with Gasteiger partial charge in [0.05, 0.1) is 0 Å². The molecule has 0 fully saturated rings. The van der Waals surface area contributed by atoms with E-state index in [4.69, 9.17) is 22.1 Å². The van der Waals surface area contributed by atoms with Gasteiger partial charge in [-0.05, 0) is 42.5 Å². The van der Waals surface area contributed by atoms with E-state index in [2.05, 4.69) is 5.32 Å². The summed E-state index contributed by atoms with van der Waals surface area (Å²) in [6, 6.07) is 13.3. The number of benzene rings is 2. The molecule has 5 nitrogen and oxygen atoms in total. The standard InChI is InChI=1S/C15H13ClN2O3/c16-11-3-1-2-10(8-11)15(20)18-12-4-6-13(7-5-12)21-9-14(17)19/h1-8H,9H2,(H2,17,19)(H,18,20). The Morgan fingerprint density at radius 2 is 1.86 bits per heavy atom.